The van der Waals surface area contributed by atoms with Crippen LogP contribution in [0.3, 0.4) is 0 Å². The summed E-state index contributed by atoms with van der Waals surface area (Å²) >= 11 is 1.35. The summed E-state index contributed by atoms with van der Waals surface area (Å²) in [6.45, 7) is -0.119. The summed E-state index contributed by atoms with van der Waals surface area (Å²) in [4.78, 5) is 4.85. The summed E-state index contributed by atoms with van der Waals surface area (Å²) in [5, 5.41) is 18.4. The fourth-order valence-electron chi connectivity index (χ4n) is 1.29. The molecule has 2 rings (SSSR count). The molecule has 3 nitrogen and oxygen atoms in total. The Morgan fingerprint density at radius 3 is 2.67 bits per heavy atom. The van der Waals surface area contributed by atoms with Crippen molar-refractivity contribution in [3.05, 3.63) is 41.0 Å². The number of hydrogen-bond acceptors (Lipinski definition) is 4. The van der Waals surface area contributed by atoms with Crippen LogP contribution >= 0.6 is 11.3 Å². The molecule has 0 aliphatic carbocycles. The maximum Gasteiger partial charge on any atom is 0.159 e. The summed E-state index contributed by atoms with van der Waals surface area (Å²) < 4.78 is 0. The minimum atomic E-state index is -0.119. The average molecular weight is 216 g/mol. The Bertz CT molecular complexity index is 499. The molecule has 0 unspecified atom stereocenters. The van der Waals surface area contributed by atoms with Gasteiger partial charge >= 0.3 is 0 Å². The molecule has 0 fully saturated rings. The number of aliphatic hydroxyl groups excluding tert-OH is 1. The van der Waals surface area contributed by atoms with Gasteiger partial charge in [0, 0.05) is 0 Å². The van der Waals surface area contributed by atoms with Gasteiger partial charge in [-0.1, -0.05) is 30.3 Å². The molecule has 1 heterocycles. The second-order valence-electron chi connectivity index (χ2n) is 2.92. The summed E-state index contributed by atoms with van der Waals surface area (Å²) in [5.41, 5.74) is 1.35. The summed E-state index contributed by atoms with van der Waals surface area (Å²) in [6, 6.07) is 11.6. The predicted molar refractivity (Wildman–Crippen MR) is 58.2 cm³/mol. The lowest BCUT2D eigenvalue weighted by Crippen LogP contribution is -1.81. The number of hydrogen-bond donors (Lipinski definition) is 1. The number of rotatable bonds is 2. The van der Waals surface area contributed by atoms with E-state index in [-0.39, 0.29) is 6.61 Å². The molecule has 0 spiro atoms. The van der Waals surface area contributed by atoms with Crippen LogP contribution in [0.1, 0.15) is 10.7 Å². The van der Waals surface area contributed by atoms with Gasteiger partial charge in [-0.2, -0.15) is 5.26 Å². The van der Waals surface area contributed by atoms with Crippen LogP contribution < -0.4 is 0 Å². The van der Waals surface area contributed by atoms with Crippen LogP contribution in [0.25, 0.3) is 10.4 Å². The van der Waals surface area contributed by atoms with Gasteiger partial charge in [-0.15, -0.1) is 11.3 Å². The highest BCUT2D eigenvalue weighted by molar-refractivity contribution is 7.15. The molecule has 15 heavy (non-hydrogen) atoms. The molecule has 1 N–H and O–H groups in total. The van der Waals surface area contributed by atoms with Gasteiger partial charge in [0.1, 0.15) is 11.1 Å². The topological polar surface area (TPSA) is 56.9 Å². The van der Waals surface area contributed by atoms with Gasteiger partial charge in [-0.3, -0.25) is 0 Å². The van der Waals surface area contributed by atoms with Gasteiger partial charge in [0.05, 0.1) is 11.5 Å². The molecule has 4 heteroatoms. The Labute approximate surface area is 91.3 Å². The van der Waals surface area contributed by atoms with Crippen molar-refractivity contribution < 1.29 is 5.11 Å². The van der Waals surface area contributed by atoms with Crippen molar-refractivity contribution in [1.82, 2.24) is 4.98 Å². The van der Waals surface area contributed by atoms with Gasteiger partial charge in [0.25, 0.3) is 0 Å². The maximum atomic E-state index is 8.96. The molecule has 1 aromatic heterocycles. The quantitative estimate of drug-likeness (QED) is 0.837. The van der Waals surface area contributed by atoms with Crippen molar-refractivity contribution >= 4 is 11.3 Å². The van der Waals surface area contributed by atoms with E-state index >= 15 is 0 Å². The molecule has 74 valence electrons. The zero-order chi connectivity index (χ0) is 10.7. The van der Waals surface area contributed by atoms with E-state index in [1.165, 1.54) is 11.3 Å². The third-order valence-corrected chi connectivity index (χ3v) is 3.04. The molecule has 0 saturated carbocycles. The minimum absolute atomic E-state index is 0.119. The van der Waals surface area contributed by atoms with Gasteiger partial charge in [-0.25, -0.2) is 4.98 Å². The van der Waals surface area contributed by atoms with Crippen LogP contribution in [0.2, 0.25) is 0 Å². The Kier molecular flexibility index (Phi) is 2.77. The monoisotopic (exact) mass is 216 g/mol. The average Bonchev–Trinajstić information content (AvgIpc) is 2.73. The highest BCUT2D eigenvalue weighted by Crippen LogP contribution is 2.29. The molecule has 0 aliphatic heterocycles. The molecular formula is C11H8N2OS. The van der Waals surface area contributed by atoms with Crippen LogP contribution in [-0.4, -0.2) is 10.1 Å². The summed E-state index contributed by atoms with van der Waals surface area (Å²) in [5.74, 6) is 0. The SMILES string of the molecule is N#Cc1nc(CO)sc1-c1ccccc1. The second kappa shape index (κ2) is 4.22. The fourth-order valence-corrected chi connectivity index (χ4v) is 2.17. The Hall–Kier alpha value is -1.70. The van der Waals surface area contributed by atoms with E-state index in [2.05, 4.69) is 4.98 Å². The number of benzene rings is 1. The standard InChI is InChI=1S/C11H8N2OS/c12-6-9-11(15-10(7-14)13-9)8-4-2-1-3-5-8/h1-5,14H,7H2. The first-order valence-electron chi connectivity index (χ1n) is 4.41. The first-order chi connectivity index (χ1) is 7.35. The highest BCUT2D eigenvalue weighted by Gasteiger charge is 2.11. The molecule has 1 aromatic carbocycles. The van der Waals surface area contributed by atoms with E-state index < -0.39 is 0 Å². The van der Waals surface area contributed by atoms with Gasteiger partial charge in [0.15, 0.2) is 5.69 Å². The number of thiazole rings is 1. The third kappa shape index (κ3) is 1.89. The lowest BCUT2D eigenvalue weighted by Gasteiger charge is -1.94. The zero-order valence-corrected chi connectivity index (χ0v) is 8.66. The van der Waals surface area contributed by atoms with Crippen LogP contribution in [-0.2, 0) is 6.61 Å². The Balaban J connectivity index is 2.53. The first-order valence-corrected chi connectivity index (χ1v) is 5.23. The number of aromatic nitrogens is 1. The van der Waals surface area contributed by atoms with Crippen LogP contribution in [0.15, 0.2) is 30.3 Å². The van der Waals surface area contributed by atoms with E-state index in [0.29, 0.717) is 10.7 Å². The second-order valence-corrected chi connectivity index (χ2v) is 4.00. The predicted octanol–water partition coefficient (Wildman–Crippen LogP) is 2.17. The highest BCUT2D eigenvalue weighted by atomic mass is 32.1. The fraction of sp³-hybridized carbons (Fsp3) is 0.0909. The van der Waals surface area contributed by atoms with Crippen molar-refractivity contribution in [2.45, 2.75) is 6.61 Å². The Morgan fingerprint density at radius 1 is 1.33 bits per heavy atom. The lowest BCUT2D eigenvalue weighted by molar-refractivity contribution is 0.281. The molecule has 0 aliphatic rings. The molecular weight excluding hydrogens is 208 g/mol. The molecule has 0 saturated heterocycles. The van der Waals surface area contributed by atoms with Crippen LogP contribution in [0, 0.1) is 11.3 Å². The van der Waals surface area contributed by atoms with Crippen molar-refractivity contribution in [3.63, 3.8) is 0 Å². The van der Waals surface area contributed by atoms with Crippen LogP contribution in [0.4, 0.5) is 0 Å². The van der Waals surface area contributed by atoms with E-state index in [1.54, 1.807) is 0 Å². The van der Waals surface area contributed by atoms with E-state index in [9.17, 15) is 0 Å². The summed E-state index contributed by atoms with van der Waals surface area (Å²) in [7, 11) is 0. The van der Waals surface area contributed by atoms with Crippen LogP contribution in [0.5, 0.6) is 0 Å². The van der Waals surface area contributed by atoms with E-state index in [0.717, 1.165) is 10.4 Å². The number of nitriles is 1. The van der Waals surface area contributed by atoms with Crippen molar-refractivity contribution in [2.75, 3.05) is 0 Å². The van der Waals surface area contributed by atoms with Gasteiger partial charge < -0.3 is 5.11 Å². The maximum absolute atomic E-state index is 8.96. The van der Waals surface area contributed by atoms with Crippen molar-refractivity contribution in [3.8, 4) is 16.5 Å². The van der Waals surface area contributed by atoms with Gasteiger partial charge in [0.2, 0.25) is 0 Å². The molecule has 0 atom stereocenters. The Morgan fingerprint density at radius 2 is 2.07 bits per heavy atom. The van der Waals surface area contributed by atoms with Crippen molar-refractivity contribution in [2.24, 2.45) is 0 Å². The molecule has 2 aromatic rings. The summed E-state index contributed by atoms with van der Waals surface area (Å²) in [6.07, 6.45) is 0. The number of aliphatic hydroxyl groups is 1. The first kappa shape index (κ1) is 9.84. The zero-order valence-electron chi connectivity index (χ0n) is 7.84. The minimum Gasteiger partial charge on any atom is -0.389 e. The largest absolute Gasteiger partial charge is 0.389 e. The molecule has 0 amide bonds. The van der Waals surface area contributed by atoms with E-state index in [4.69, 9.17) is 10.4 Å². The number of nitrogens with zero attached hydrogens (tertiary/aromatic N) is 2. The molecule has 0 bridgehead atoms. The van der Waals surface area contributed by atoms with E-state index in [1.807, 2.05) is 36.4 Å². The van der Waals surface area contributed by atoms with Crippen molar-refractivity contribution in [1.29, 1.82) is 5.26 Å². The molecule has 0 radical (unpaired) electrons. The smallest absolute Gasteiger partial charge is 0.159 e. The third-order valence-electron chi connectivity index (χ3n) is 1.95. The normalized spacial score (nSPS) is 9.87. The van der Waals surface area contributed by atoms with Gasteiger partial charge in [-0.05, 0) is 5.56 Å². The lowest BCUT2D eigenvalue weighted by atomic mass is 10.2.